The van der Waals surface area contributed by atoms with Crippen LogP contribution >= 0.6 is 0 Å². The Morgan fingerprint density at radius 3 is 2.56 bits per heavy atom. The van der Waals surface area contributed by atoms with E-state index in [0.717, 1.165) is 6.07 Å². The summed E-state index contributed by atoms with van der Waals surface area (Å²) in [5, 5.41) is 2.65. The van der Waals surface area contributed by atoms with Gasteiger partial charge in [0.2, 0.25) is 0 Å². The van der Waals surface area contributed by atoms with Crippen LogP contribution in [0, 0.1) is 5.82 Å². The number of alkyl halides is 5. The molecule has 7 nitrogen and oxygen atoms in total. The minimum absolute atomic E-state index is 0.0801. The highest BCUT2D eigenvalue weighted by molar-refractivity contribution is 6.08. The molecule has 0 spiro atoms. The molecule has 1 aromatic carbocycles. The molecule has 0 saturated carbocycles. The van der Waals surface area contributed by atoms with Crippen molar-refractivity contribution >= 4 is 23.4 Å². The number of nitrogens with zero attached hydrogens (tertiary/aromatic N) is 4. The molecular formula is C30H33F6N7. The van der Waals surface area contributed by atoms with E-state index in [0.29, 0.717) is 23.9 Å². The Morgan fingerprint density at radius 1 is 1.21 bits per heavy atom. The lowest BCUT2D eigenvalue weighted by Gasteiger charge is -2.20. The van der Waals surface area contributed by atoms with Crippen LogP contribution in [0.25, 0.3) is 0 Å². The van der Waals surface area contributed by atoms with Gasteiger partial charge >= 0.3 is 6.18 Å². The lowest BCUT2D eigenvalue weighted by Crippen LogP contribution is -2.28. The quantitative estimate of drug-likeness (QED) is 0.153. The van der Waals surface area contributed by atoms with Gasteiger partial charge in [-0.25, -0.2) is 23.1 Å². The maximum Gasteiger partial charge on any atom is 0.434 e. The fourth-order valence-corrected chi connectivity index (χ4v) is 4.38. The van der Waals surface area contributed by atoms with E-state index in [2.05, 4.69) is 33.4 Å². The Morgan fingerprint density at radius 2 is 1.95 bits per heavy atom. The molecular weight excluding hydrogens is 572 g/mol. The second-order valence-corrected chi connectivity index (χ2v) is 9.77. The number of anilines is 2. The number of nitrogen functional groups attached to an aromatic ring is 1. The number of nitrogens with two attached hydrogens (primary N) is 2. The molecule has 0 bridgehead atoms. The highest BCUT2D eigenvalue weighted by atomic mass is 19.4. The number of halogens is 6. The lowest BCUT2D eigenvalue weighted by molar-refractivity contribution is -0.0581. The molecule has 3 rings (SSSR count). The number of hydrogen-bond donors (Lipinski definition) is 3. The number of allylic oxidation sites excluding steroid dienone is 3. The molecule has 0 amide bonds. The van der Waals surface area contributed by atoms with Crippen molar-refractivity contribution in [2.24, 2.45) is 15.7 Å². The Balaban J connectivity index is 1.78. The summed E-state index contributed by atoms with van der Waals surface area (Å²) in [5.41, 5.74) is 10.7. The number of aromatic nitrogens is 1. The molecule has 13 heteroatoms. The summed E-state index contributed by atoms with van der Waals surface area (Å²) < 4.78 is 84.3. The molecule has 0 radical (unpaired) electrons. The van der Waals surface area contributed by atoms with Crippen LogP contribution < -0.4 is 16.8 Å². The first-order valence-electron chi connectivity index (χ1n) is 13.2. The standard InChI is InChI=1S/C30H33F6N7/c1-4-39-11-5-6-19(2)41-27(30(34,35)36)24(16-37)20(3)42-23-8-7-22(26(31)15-23)14-21-9-12-40-28(38)25(21)17-43-13-10-29(32,33)18-43/h5-9,11-12,15-16,42H,2-4,10,13-14,17-18,37H2,1H3,(H2,38,40)/b6-5-,24-16?,39-11?,41-27?. The van der Waals surface area contributed by atoms with Crippen molar-refractivity contribution in [3.8, 4) is 0 Å². The van der Waals surface area contributed by atoms with Crippen molar-refractivity contribution in [1.82, 2.24) is 9.88 Å². The van der Waals surface area contributed by atoms with Gasteiger partial charge in [0.25, 0.3) is 5.92 Å². The van der Waals surface area contributed by atoms with Crippen LogP contribution in [0.4, 0.5) is 37.8 Å². The Labute approximate surface area is 246 Å². The minimum atomic E-state index is -4.91. The SMILES string of the molecule is C=C(/C=C\C=NCC)N=C(C(=CN)C(=C)Nc1ccc(Cc2ccnc(N)c2CN2CCC(F)(F)C2)c(F)c1)C(F)(F)F. The molecule has 5 N–H and O–H groups in total. The van der Waals surface area contributed by atoms with Crippen LogP contribution in [0.1, 0.15) is 30.0 Å². The largest absolute Gasteiger partial charge is 0.434 e. The monoisotopic (exact) mass is 605 g/mol. The predicted octanol–water partition coefficient (Wildman–Crippen LogP) is 6.17. The van der Waals surface area contributed by atoms with Crippen molar-refractivity contribution in [1.29, 1.82) is 0 Å². The third kappa shape index (κ3) is 9.30. The number of aliphatic imine (C=N–C) groups is 2. The van der Waals surface area contributed by atoms with Crippen LogP contribution in [0.3, 0.4) is 0 Å². The van der Waals surface area contributed by atoms with Gasteiger partial charge in [0.15, 0.2) is 5.71 Å². The minimum Gasteiger partial charge on any atom is -0.404 e. The highest BCUT2D eigenvalue weighted by Gasteiger charge is 2.39. The van der Waals surface area contributed by atoms with Gasteiger partial charge in [-0.1, -0.05) is 19.2 Å². The zero-order chi connectivity index (χ0) is 31.8. The molecule has 230 valence electrons. The second kappa shape index (κ2) is 14.2. The normalized spacial score (nSPS) is 16.3. The Kier molecular flexibility index (Phi) is 10.9. The predicted molar refractivity (Wildman–Crippen MR) is 159 cm³/mol. The van der Waals surface area contributed by atoms with Crippen molar-refractivity contribution in [3.05, 3.63) is 101 Å². The van der Waals surface area contributed by atoms with Gasteiger partial charge in [0, 0.05) is 73.6 Å². The average Bonchev–Trinajstić information content (AvgIpc) is 3.27. The van der Waals surface area contributed by atoms with Gasteiger partial charge in [-0.05, 0) is 48.4 Å². The maximum absolute atomic E-state index is 15.2. The van der Waals surface area contributed by atoms with E-state index in [4.69, 9.17) is 11.5 Å². The molecule has 1 fully saturated rings. The first-order valence-corrected chi connectivity index (χ1v) is 13.2. The molecule has 2 heterocycles. The number of likely N-dealkylation sites (tertiary alicyclic amines) is 1. The summed E-state index contributed by atoms with van der Waals surface area (Å²) in [6.07, 6.45) is 1.14. The van der Waals surface area contributed by atoms with Crippen LogP contribution in [0.5, 0.6) is 0 Å². The van der Waals surface area contributed by atoms with Crippen molar-refractivity contribution in [2.75, 3.05) is 30.7 Å². The molecule has 1 aliphatic heterocycles. The lowest BCUT2D eigenvalue weighted by atomic mass is 9.99. The molecule has 1 aliphatic rings. The van der Waals surface area contributed by atoms with Gasteiger partial charge in [-0.3, -0.25) is 9.89 Å². The molecule has 0 aliphatic carbocycles. The van der Waals surface area contributed by atoms with Crippen molar-refractivity contribution in [2.45, 2.75) is 38.4 Å². The highest BCUT2D eigenvalue weighted by Crippen LogP contribution is 2.31. The number of benzene rings is 1. The summed E-state index contributed by atoms with van der Waals surface area (Å²) in [7, 11) is 0. The first kappa shape index (κ1) is 33.1. The number of hydrogen-bond acceptors (Lipinski definition) is 7. The first-order chi connectivity index (χ1) is 20.2. The van der Waals surface area contributed by atoms with E-state index in [1.807, 2.05) is 0 Å². The fraction of sp³-hybridized carbons (Fsp3) is 0.300. The zero-order valence-corrected chi connectivity index (χ0v) is 23.6. The van der Waals surface area contributed by atoms with Gasteiger partial charge in [0.1, 0.15) is 11.6 Å². The summed E-state index contributed by atoms with van der Waals surface area (Å²) >= 11 is 0. The van der Waals surface area contributed by atoms with Crippen LogP contribution in [-0.4, -0.2) is 53.5 Å². The van der Waals surface area contributed by atoms with E-state index in [1.165, 1.54) is 36.7 Å². The van der Waals surface area contributed by atoms with E-state index in [-0.39, 0.29) is 54.4 Å². The fourth-order valence-electron chi connectivity index (χ4n) is 4.38. The summed E-state index contributed by atoms with van der Waals surface area (Å²) in [5.74, 6) is -3.28. The van der Waals surface area contributed by atoms with Gasteiger partial charge in [0.05, 0.1) is 12.2 Å². The van der Waals surface area contributed by atoms with E-state index < -0.39 is 35.7 Å². The second-order valence-electron chi connectivity index (χ2n) is 9.77. The molecule has 43 heavy (non-hydrogen) atoms. The average molecular weight is 606 g/mol. The number of rotatable bonds is 12. The van der Waals surface area contributed by atoms with Crippen molar-refractivity contribution < 1.29 is 26.3 Å². The zero-order valence-electron chi connectivity index (χ0n) is 23.6. The van der Waals surface area contributed by atoms with Crippen LogP contribution in [0.15, 0.2) is 88.9 Å². The van der Waals surface area contributed by atoms with E-state index in [1.54, 1.807) is 17.9 Å². The number of pyridine rings is 1. The number of nitrogens with one attached hydrogen (secondary N) is 1. The molecule has 0 unspecified atom stereocenters. The Bertz CT molecular complexity index is 1460. The van der Waals surface area contributed by atoms with Crippen LogP contribution in [-0.2, 0) is 13.0 Å². The van der Waals surface area contributed by atoms with Crippen molar-refractivity contribution in [3.63, 3.8) is 0 Å². The third-order valence-corrected chi connectivity index (χ3v) is 6.48. The van der Waals surface area contributed by atoms with E-state index >= 15 is 4.39 Å². The Hall–Kier alpha value is -4.39. The topological polar surface area (TPSA) is 105 Å². The molecule has 1 aromatic heterocycles. The maximum atomic E-state index is 15.2. The third-order valence-electron chi connectivity index (χ3n) is 6.48. The molecule has 1 saturated heterocycles. The van der Waals surface area contributed by atoms with E-state index in [9.17, 15) is 22.0 Å². The summed E-state index contributed by atoms with van der Waals surface area (Å²) in [6, 6.07) is 5.65. The van der Waals surface area contributed by atoms with Gasteiger partial charge in [-0.15, -0.1) is 0 Å². The molecule has 0 atom stereocenters. The molecule has 2 aromatic rings. The summed E-state index contributed by atoms with van der Waals surface area (Å²) in [6.45, 7) is 9.38. The van der Waals surface area contributed by atoms with Gasteiger partial charge in [-0.2, -0.15) is 13.2 Å². The smallest absolute Gasteiger partial charge is 0.404 e. The summed E-state index contributed by atoms with van der Waals surface area (Å²) in [4.78, 5) is 13.1. The van der Waals surface area contributed by atoms with Crippen LogP contribution in [0.2, 0.25) is 0 Å². The van der Waals surface area contributed by atoms with Gasteiger partial charge < -0.3 is 16.8 Å².